The lowest BCUT2D eigenvalue weighted by Gasteiger charge is -2.40. The van der Waals surface area contributed by atoms with E-state index in [0.717, 1.165) is 11.3 Å². The lowest BCUT2D eigenvalue weighted by atomic mass is 9.73. The largest absolute Gasteiger partial charge is 0.378 e. The van der Waals surface area contributed by atoms with Crippen molar-refractivity contribution in [2.45, 2.75) is 43.9 Å². The number of nitrogens with zero attached hydrogens (tertiary/aromatic N) is 1. The molecule has 0 spiro atoms. The molecule has 2 atom stereocenters. The van der Waals surface area contributed by atoms with Crippen LogP contribution in [0, 0.1) is 11.3 Å². The van der Waals surface area contributed by atoms with Crippen LogP contribution in [0.1, 0.15) is 71.1 Å². The van der Waals surface area contributed by atoms with Gasteiger partial charge in [-0.05, 0) is 65.8 Å². The topological polar surface area (TPSA) is 133 Å². The Hall–Kier alpha value is -2.89. The highest BCUT2D eigenvalue weighted by Gasteiger charge is 2.36. The number of hydrogen-bond donors (Lipinski definition) is 3. The molecule has 4 N–H and O–H groups in total. The summed E-state index contributed by atoms with van der Waals surface area (Å²) in [7, 11) is -4.33. The van der Waals surface area contributed by atoms with Crippen molar-refractivity contribution in [2.75, 3.05) is 5.32 Å². The van der Waals surface area contributed by atoms with Gasteiger partial charge in [-0.1, -0.05) is 19.9 Å². The zero-order chi connectivity index (χ0) is 21.6. The van der Waals surface area contributed by atoms with Crippen LogP contribution in [-0.4, -0.2) is 18.9 Å². The summed E-state index contributed by atoms with van der Waals surface area (Å²) in [6.07, 6.45) is 0.586. The van der Waals surface area contributed by atoms with Gasteiger partial charge in [-0.25, -0.2) is 0 Å². The number of nitrogens with two attached hydrogens (primary N) is 1. The van der Waals surface area contributed by atoms with Gasteiger partial charge in [0.25, 0.3) is 10.1 Å². The fourth-order valence-electron chi connectivity index (χ4n) is 3.91. The molecule has 1 aliphatic rings. The number of amides is 1. The van der Waals surface area contributed by atoms with Crippen LogP contribution in [0.4, 0.5) is 5.69 Å². The van der Waals surface area contributed by atoms with Crippen molar-refractivity contribution in [1.29, 1.82) is 5.26 Å². The van der Waals surface area contributed by atoms with Crippen molar-refractivity contribution in [1.82, 2.24) is 0 Å². The fraction of sp³-hybridized carbons (Fsp3) is 0.333. The van der Waals surface area contributed by atoms with Gasteiger partial charge in [0.05, 0.1) is 17.7 Å². The molecule has 0 fully saturated rings. The van der Waals surface area contributed by atoms with E-state index in [1.165, 1.54) is 19.1 Å². The first-order valence-corrected chi connectivity index (χ1v) is 10.7. The summed E-state index contributed by atoms with van der Waals surface area (Å²) in [5.41, 5.74) is 8.75. The zero-order valence-corrected chi connectivity index (χ0v) is 17.2. The maximum absolute atomic E-state index is 11.8. The van der Waals surface area contributed by atoms with E-state index < -0.39 is 21.3 Å². The van der Waals surface area contributed by atoms with E-state index in [0.29, 0.717) is 23.1 Å². The molecule has 2 aromatic carbocycles. The predicted molar refractivity (Wildman–Crippen MR) is 110 cm³/mol. The molecule has 1 heterocycles. The number of carbonyl (C=O) groups excluding carboxylic acids is 1. The minimum Gasteiger partial charge on any atom is -0.378 e. The molecule has 0 aromatic heterocycles. The van der Waals surface area contributed by atoms with Crippen LogP contribution in [0.3, 0.4) is 0 Å². The van der Waals surface area contributed by atoms with E-state index in [-0.39, 0.29) is 17.0 Å². The van der Waals surface area contributed by atoms with Gasteiger partial charge in [0, 0.05) is 11.3 Å². The van der Waals surface area contributed by atoms with Crippen LogP contribution in [0.25, 0.3) is 0 Å². The maximum Gasteiger partial charge on any atom is 0.271 e. The Kier molecular flexibility index (Phi) is 5.15. The Labute approximate surface area is 170 Å². The van der Waals surface area contributed by atoms with Gasteiger partial charge in [-0.3, -0.25) is 9.35 Å². The molecule has 2 unspecified atom stereocenters. The molecule has 0 saturated heterocycles. The van der Waals surface area contributed by atoms with Crippen molar-refractivity contribution in [3.63, 3.8) is 0 Å². The number of primary amides is 1. The number of fused-ring (bicyclic) bond motifs is 1. The maximum atomic E-state index is 11.8. The van der Waals surface area contributed by atoms with Crippen LogP contribution in [0.2, 0.25) is 0 Å². The van der Waals surface area contributed by atoms with Crippen LogP contribution < -0.4 is 11.1 Å². The molecule has 7 nitrogen and oxygen atoms in total. The standard InChI is InChI=1S/C21H23N3O4S/c1-12(29(26,27)28)15-6-5-14(20(23)25)9-16(15)19-10-21(2,3)17-8-13(11-22)4-7-18(17)24-19/h4-9,12,19,24H,10H2,1-3H3,(H2,23,25)(H,26,27,28). The third-order valence-electron chi connectivity index (χ3n) is 5.55. The van der Waals surface area contributed by atoms with E-state index in [1.807, 2.05) is 26.0 Å². The van der Waals surface area contributed by atoms with Crippen molar-refractivity contribution in [3.8, 4) is 6.07 Å². The third-order valence-corrected chi connectivity index (χ3v) is 6.70. The van der Waals surface area contributed by atoms with Gasteiger partial charge in [0.1, 0.15) is 5.25 Å². The quantitative estimate of drug-likeness (QED) is 0.658. The number of nitrogens with one attached hydrogen (secondary N) is 1. The molecular weight excluding hydrogens is 390 g/mol. The Morgan fingerprint density at radius 3 is 2.59 bits per heavy atom. The molecule has 0 bridgehead atoms. The lowest BCUT2D eigenvalue weighted by Crippen LogP contribution is -2.32. The molecule has 2 aromatic rings. The fourth-order valence-corrected chi connectivity index (χ4v) is 4.44. The molecule has 29 heavy (non-hydrogen) atoms. The van der Waals surface area contributed by atoms with Crippen molar-refractivity contribution < 1.29 is 17.8 Å². The minimum absolute atomic E-state index is 0.261. The average molecular weight is 413 g/mol. The van der Waals surface area contributed by atoms with Crippen molar-refractivity contribution >= 4 is 21.7 Å². The predicted octanol–water partition coefficient (Wildman–Crippen LogP) is 3.44. The van der Waals surface area contributed by atoms with Gasteiger partial charge < -0.3 is 11.1 Å². The number of hydrogen-bond acceptors (Lipinski definition) is 5. The van der Waals surface area contributed by atoms with Crippen molar-refractivity contribution in [2.24, 2.45) is 5.73 Å². The highest BCUT2D eigenvalue weighted by molar-refractivity contribution is 7.86. The van der Waals surface area contributed by atoms with E-state index >= 15 is 0 Å². The molecule has 152 valence electrons. The van der Waals surface area contributed by atoms with Crippen LogP contribution in [0.15, 0.2) is 36.4 Å². The van der Waals surface area contributed by atoms with E-state index in [9.17, 15) is 23.0 Å². The minimum atomic E-state index is -4.33. The zero-order valence-electron chi connectivity index (χ0n) is 16.4. The van der Waals surface area contributed by atoms with Gasteiger partial charge >= 0.3 is 0 Å². The summed E-state index contributed by atoms with van der Waals surface area (Å²) in [6.45, 7) is 5.49. The first-order chi connectivity index (χ1) is 13.4. The van der Waals surface area contributed by atoms with E-state index in [4.69, 9.17) is 5.73 Å². The molecule has 3 rings (SSSR count). The van der Waals surface area contributed by atoms with Crippen LogP contribution in [-0.2, 0) is 15.5 Å². The first kappa shape index (κ1) is 20.8. The second-order valence-electron chi connectivity index (χ2n) is 8.02. The molecule has 1 aliphatic heterocycles. The highest BCUT2D eigenvalue weighted by Crippen LogP contribution is 2.46. The molecule has 1 amide bonds. The van der Waals surface area contributed by atoms with E-state index in [1.54, 1.807) is 12.1 Å². The molecule has 0 aliphatic carbocycles. The van der Waals surface area contributed by atoms with Gasteiger partial charge in [-0.2, -0.15) is 13.7 Å². The Bertz CT molecular complexity index is 1130. The molecular formula is C21H23N3O4S. The average Bonchev–Trinajstić information content (AvgIpc) is 2.65. The summed E-state index contributed by atoms with van der Waals surface area (Å²) in [6, 6.07) is 11.8. The summed E-state index contributed by atoms with van der Waals surface area (Å²) < 4.78 is 33.2. The summed E-state index contributed by atoms with van der Waals surface area (Å²) in [5.74, 6) is -0.619. The summed E-state index contributed by atoms with van der Waals surface area (Å²) >= 11 is 0. The van der Waals surface area contributed by atoms with Crippen LogP contribution in [0.5, 0.6) is 0 Å². The van der Waals surface area contributed by atoms with Crippen molar-refractivity contribution in [3.05, 3.63) is 64.2 Å². The Morgan fingerprint density at radius 2 is 2.00 bits per heavy atom. The van der Waals surface area contributed by atoms with E-state index in [2.05, 4.69) is 11.4 Å². The normalized spacial score (nSPS) is 18.8. The van der Waals surface area contributed by atoms with Gasteiger partial charge in [-0.15, -0.1) is 0 Å². The third kappa shape index (κ3) is 3.97. The Morgan fingerprint density at radius 1 is 1.31 bits per heavy atom. The second-order valence-corrected chi connectivity index (χ2v) is 9.76. The second kappa shape index (κ2) is 7.17. The number of nitriles is 1. The molecule has 0 radical (unpaired) electrons. The summed E-state index contributed by atoms with van der Waals surface area (Å²) in [5, 5.41) is 11.4. The van der Waals surface area contributed by atoms with Crippen LogP contribution >= 0.6 is 0 Å². The number of carbonyl (C=O) groups is 1. The SMILES string of the molecule is CC(c1ccc(C(N)=O)cc1C1CC(C)(C)c2cc(C#N)ccc2N1)S(=O)(=O)O. The molecule has 0 saturated carbocycles. The van der Waals surface area contributed by atoms with Gasteiger partial charge in [0.15, 0.2) is 0 Å². The van der Waals surface area contributed by atoms with Gasteiger partial charge in [0.2, 0.25) is 5.91 Å². The number of rotatable bonds is 4. The first-order valence-electron chi connectivity index (χ1n) is 9.15. The molecule has 8 heteroatoms. The Balaban J connectivity index is 2.15. The number of anilines is 1. The monoisotopic (exact) mass is 413 g/mol. The smallest absolute Gasteiger partial charge is 0.271 e. The summed E-state index contributed by atoms with van der Waals surface area (Å²) in [4.78, 5) is 11.7. The lowest BCUT2D eigenvalue weighted by molar-refractivity contribution is 0.1000. The highest BCUT2D eigenvalue weighted by atomic mass is 32.2. The number of benzene rings is 2.